The van der Waals surface area contributed by atoms with E-state index in [9.17, 15) is 0 Å². The Balaban J connectivity index is 1.96. The molecule has 0 N–H and O–H groups in total. The molecule has 0 aromatic carbocycles. The Hall–Kier alpha value is -0.830. The third-order valence-corrected chi connectivity index (χ3v) is 2.47. The Morgan fingerprint density at radius 3 is 2.54 bits per heavy atom. The first-order chi connectivity index (χ1) is 6.38. The number of hydrogen-bond donors (Lipinski definition) is 0. The number of alkyl halides is 1. The number of rotatable bonds is 3. The summed E-state index contributed by atoms with van der Waals surface area (Å²) in [5, 5.41) is 0. The molecule has 0 amide bonds. The highest BCUT2D eigenvalue weighted by atomic mass is 35.5. The van der Waals surface area contributed by atoms with Gasteiger partial charge in [-0.15, -0.1) is 11.6 Å². The Morgan fingerprint density at radius 2 is 2.08 bits per heavy atom. The Bertz CT molecular complexity index is 271. The second-order valence-corrected chi connectivity index (χ2v) is 3.45. The minimum atomic E-state index is 0.335. The lowest BCUT2D eigenvalue weighted by atomic mass is 9.96. The van der Waals surface area contributed by atoms with Crippen molar-refractivity contribution in [1.82, 2.24) is 9.97 Å². The molecule has 2 rings (SSSR count). The summed E-state index contributed by atoms with van der Waals surface area (Å²) in [5.41, 5.74) is 0.919. The van der Waals surface area contributed by atoms with Crippen LogP contribution in [0.4, 0.5) is 0 Å². The molecule has 0 bridgehead atoms. The van der Waals surface area contributed by atoms with Crippen LogP contribution in [-0.4, -0.2) is 16.1 Å². The third kappa shape index (κ3) is 2.10. The number of halogens is 1. The van der Waals surface area contributed by atoms with Crippen LogP contribution in [0.15, 0.2) is 12.4 Å². The molecule has 4 heteroatoms. The summed E-state index contributed by atoms with van der Waals surface area (Å²) < 4.78 is 5.48. The molecule has 1 saturated carbocycles. The van der Waals surface area contributed by atoms with E-state index in [0.717, 1.165) is 18.4 Å². The predicted molar refractivity (Wildman–Crippen MR) is 49.9 cm³/mol. The molecule has 1 aliphatic carbocycles. The molecule has 1 heterocycles. The monoisotopic (exact) mass is 198 g/mol. The molecule has 0 spiro atoms. The van der Waals surface area contributed by atoms with Gasteiger partial charge in [-0.25, -0.2) is 9.97 Å². The first kappa shape index (κ1) is 8.75. The highest BCUT2D eigenvalue weighted by molar-refractivity contribution is 6.17. The van der Waals surface area contributed by atoms with Gasteiger partial charge in [-0.3, -0.25) is 0 Å². The van der Waals surface area contributed by atoms with Crippen molar-refractivity contribution >= 4 is 11.6 Å². The standard InChI is InChI=1S/C9H11ClN2O/c10-4-7-5-11-9(12-6-7)13-8-2-1-3-8/h5-6,8H,1-4H2. The average molecular weight is 199 g/mol. The molecular weight excluding hydrogens is 188 g/mol. The topological polar surface area (TPSA) is 35.0 Å². The fourth-order valence-corrected chi connectivity index (χ4v) is 1.25. The van der Waals surface area contributed by atoms with Crippen molar-refractivity contribution < 1.29 is 4.74 Å². The van der Waals surface area contributed by atoms with Crippen LogP contribution in [0.1, 0.15) is 24.8 Å². The van der Waals surface area contributed by atoms with Gasteiger partial charge in [0.15, 0.2) is 0 Å². The van der Waals surface area contributed by atoms with Crippen LogP contribution in [0, 0.1) is 0 Å². The zero-order chi connectivity index (χ0) is 9.10. The maximum Gasteiger partial charge on any atom is 0.316 e. The van der Waals surface area contributed by atoms with Gasteiger partial charge in [0.2, 0.25) is 0 Å². The van der Waals surface area contributed by atoms with Gasteiger partial charge >= 0.3 is 6.01 Å². The summed E-state index contributed by atoms with van der Waals surface area (Å²) in [6.07, 6.45) is 7.25. The second kappa shape index (κ2) is 3.92. The quantitative estimate of drug-likeness (QED) is 0.699. The summed E-state index contributed by atoms with van der Waals surface area (Å²) in [6, 6.07) is 0.471. The highest BCUT2D eigenvalue weighted by Gasteiger charge is 2.19. The summed E-state index contributed by atoms with van der Waals surface area (Å²) in [6.45, 7) is 0. The highest BCUT2D eigenvalue weighted by Crippen LogP contribution is 2.22. The predicted octanol–water partition coefficient (Wildman–Crippen LogP) is 2.15. The molecule has 0 saturated heterocycles. The molecule has 0 radical (unpaired) electrons. The normalized spacial score (nSPS) is 16.7. The zero-order valence-corrected chi connectivity index (χ0v) is 8.00. The molecule has 0 atom stereocenters. The molecule has 1 aromatic heterocycles. The zero-order valence-electron chi connectivity index (χ0n) is 7.24. The summed E-state index contributed by atoms with van der Waals surface area (Å²) in [7, 11) is 0. The number of hydrogen-bond acceptors (Lipinski definition) is 3. The van der Waals surface area contributed by atoms with E-state index in [1.165, 1.54) is 6.42 Å². The first-order valence-electron chi connectivity index (χ1n) is 4.42. The lowest BCUT2D eigenvalue weighted by Gasteiger charge is -2.24. The maximum atomic E-state index is 5.60. The van der Waals surface area contributed by atoms with Crippen LogP contribution in [0.5, 0.6) is 6.01 Å². The Morgan fingerprint density at radius 1 is 1.38 bits per heavy atom. The fraction of sp³-hybridized carbons (Fsp3) is 0.556. The van der Waals surface area contributed by atoms with Crippen LogP contribution in [-0.2, 0) is 5.88 Å². The van der Waals surface area contributed by atoms with E-state index in [2.05, 4.69) is 9.97 Å². The van der Waals surface area contributed by atoms with Gasteiger partial charge in [-0.05, 0) is 19.3 Å². The van der Waals surface area contributed by atoms with Crippen LogP contribution in [0.3, 0.4) is 0 Å². The van der Waals surface area contributed by atoms with Crippen molar-refractivity contribution in [2.45, 2.75) is 31.2 Å². The van der Waals surface area contributed by atoms with Gasteiger partial charge in [0, 0.05) is 18.0 Å². The van der Waals surface area contributed by atoms with Crippen molar-refractivity contribution in [3.63, 3.8) is 0 Å². The van der Waals surface area contributed by atoms with Crippen molar-refractivity contribution in [2.75, 3.05) is 0 Å². The maximum absolute atomic E-state index is 5.60. The average Bonchev–Trinajstić information content (AvgIpc) is 2.12. The number of nitrogens with zero attached hydrogens (tertiary/aromatic N) is 2. The molecular formula is C9H11ClN2O. The van der Waals surface area contributed by atoms with Crippen molar-refractivity contribution in [3.8, 4) is 6.01 Å². The van der Waals surface area contributed by atoms with Crippen molar-refractivity contribution in [3.05, 3.63) is 18.0 Å². The van der Waals surface area contributed by atoms with Crippen molar-refractivity contribution in [2.24, 2.45) is 0 Å². The van der Waals surface area contributed by atoms with Crippen LogP contribution in [0.25, 0.3) is 0 Å². The fourth-order valence-electron chi connectivity index (χ4n) is 1.11. The molecule has 0 aliphatic heterocycles. The summed E-state index contributed by atoms with van der Waals surface area (Å²) in [5.74, 6) is 0.448. The van der Waals surface area contributed by atoms with Crippen LogP contribution in [0.2, 0.25) is 0 Å². The minimum Gasteiger partial charge on any atom is -0.460 e. The molecule has 1 aliphatic rings. The van der Waals surface area contributed by atoms with E-state index in [1.54, 1.807) is 12.4 Å². The third-order valence-electron chi connectivity index (χ3n) is 2.16. The SMILES string of the molecule is ClCc1cnc(OC2CCC2)nc1. The van der Waals surface area contributed by atoms with Gasteiger partial charge < -0.3 is 4.74 Å². The van der Waals surface area contributed by atoms with Gasteiger partial charge in [0.05, 0.1) is 5.88 Å². The smallest absolute Gasteiger partial charge is 0.316 e. The molecule has 0 unspecified atom stereocenters. The van der Waals surface area contributed by atoms with E-state index in [0.29, 0.717) is 18.0 Å². The largest absolute Gasteiger partial charge is 0.460 e. The first-order valence-corrected chi connectivity index (χ1v) is 4.95. The van der Waals surface area contributed by atoms with Crippen LogP contribution < -0.4 is 4.74 Å². The van der Waals surface area contributed by atoms with Gasteiger partial charge in [0.1, 0.15) is 6.10 Å². The van der Waals surface area contributed by atoms with E-state index in [-0.39, 0.29) is 0 Å². The van der Waals surface area contributed by atoms with E-state index < -0.39 is 0 Å². The van der Waals surface area contributed by atoms with E-state index >= 15 is 0 Å². The minimum absolute atomic E-state index is 0.335. The van der Waals surface area contributed by atoms with Crippen molar-refractivity contribution in [1.29, 1.82) is 0 Å². The molecule has 70 valence electrons. The lowest BCUT2D eigenvalue weighted by Crippen LogP contribution is -2.25. The number of ether oxygens (including phenoxy) is 1. The molecule has 3 nitrogen and oxygen atoms in total. The molecule has 1 aromatic rings. The molecule has 1 fully saturated rings. The lowest BCUT2D eigenvalue weighted by molar-refractivity contribution is 0.108. The second-order valence-electron chi connectivity index (χ2n) is 3.18. The Labute approximate surface area is 82.1 Å². The molecule has 13 heavy (non-hydrogen) atoms. The summed E-state index contributed by atoms with van der Waals surface area (Å²) >= 11 is 5.60. The Kier molecular flexibility index (Phi) is 2.64. The van der Waals surface area contributed by atoms with E-state index in [4.69, 9.17) is 16.3 Å². The number of aromatic nitrogens is 2. The summed E-state index contributed by atoms with van der Waals surface area (Å²) in [4.78, 5) is 8.11. The van der Waals surface area contributed by atoms with Gasteiger partial charge in [0.25, 0.3) is 0 Å². The van der Waals surface area contributed by atoms with Gasteiger partial charge in [-0.1, -0.05) is 0 Å². The van der Waals surface area contributed by atoms with E-state index in [1.807, 2.05) is 0 Å². The van der Waals surface area contributed by atoms with Crippen LogP contribution >= 0.6 is 11.6 Å². The van der Waals surface area contributed by atoms with Gasteiger partial charge in [-0.2, -0.15) is 0 Å².